The van der Waals surface area contributed by atoms with Crippen molar-refractivity contribution in [2.45, 2.75) is 58.9 Å². The van der Waals surface area contributed by atoms with Gasteiger partial charge in [-0.3, -0.25) is 0 Å². The van der Waals surface area contributed by atoms with Crippen LogP contribution in [0, 0.1) is 5.92 Å². The van der Waals surface area contributed by atoms with Gasteiger partial charge >= 0.3 is 0 Å². The minimum Gasteiger partial charge on any atom is -0.464 e. The first-order valence-electron chi connectivity index (χ1n) is 7.10. The van der Waals surface area contributed by atoms with Crippen LogP contribution in [0.5, 0.6) is 0 Å². The summed E-state index contributed by atoms with van der Waals surface area (Å²) in [6.45, 7) is 10.9. The normalized spacial score (nSPS) is 13.1. The molecule has 0 saturated carbocycles. The molecule has 0 saturated heterocycles. The molecule has 1 rings (SSSR count). The van der Waals surface area contributed by atoms with Crippen LogP contribution in [0.2, 0.25) is 0 Å². The third kappa shape index (κ3) is 7.10. The van der Waals surface area contributed by atoms with Gasteiger partial charge in [0.15, 0.2) is 9.84 Å². The van der Waals surface area contributed by atoms with Gasteiger partial charge in [0, 0.05) is 5.54 Å². The molecular weight excluding hydrogens is 274 g/mol. The molecule has 0 radical (unpaired) electrons. The summed E-state index contributed by atoms with van der Waals surface area (Å²) in [6, 6.07) is 3.60. The average Bonchev–Trinajstić information content (AvgIpc) is 2.70. The Balaban J connectivity index is 2.55. The van der Waals surface area contributed by atoms with E-state index in [2.05, 4.69) is 26.1 Å². The van der Waals surface area contributed by atoms with E-state index in [9.17, 15) is 8.42 Å². The summed E-state index contributed by atoms with van der Waals surface area (Å²) in [5.41, 5.74) is 0.0102. The van der Waals surface area contributed by atoms with Gasteiger partial charge < -0.3 is 9.73 Å². The molecule has 0 atom stereocenters. The van der Waals surface area contributed by atoms with Gasteiger partial charge in [-0.05, 0) is 45.2 Å². The van der Waals surface area contributed by atoms with Crippen molar-refractivity contribution < 1.29 is 12.8 Å². The summed E-state index contributed by atoms with van der Waals surface area (Å²) in [5.74, 6) is 1.91. The molecule has 0 unspecified atom stereocenters. The highest BCUT2D eigenvalue weighted by Gasteiger charge is 2.16. The van der Waals surface area contributed by atoms with Crippen LogP contribution in [-0.2, 0) is 22.1 Å². The second kappa shape index (κ2) is 6.76. The molecule has 1 heterocycles. The van der Waals surface area contributed by atoms with E-state index in [1.54, 1.807) is 6.07 Å². The molecule has 0 spiro atoms. The predicted octanol–water partition coefficient (Wildman–Crippen LogP) is 3.13. The molecule has 20 heavy (non-hydrogen) atoms. The third-order valence-corrected chi connectivity index (χ3v) is 4.46. The van der Waals surface area contributed by atoms with E-state index in [-0.39, 0.29) is 17.0 Å². The topological polar surface area (TPSA) is 59.3 Å². The van der Waals surface area contributed by atoms with E-state index in [1.165, 1.54) is 0 Å². The molecule has 1 aromatic heterocycles. The van der Waals surface area contributed by atoms with Crippen LogP contribution >= 0.6 is 0 Å². The SMILES string of the molecule is CC(C)CCS(=O)(=O)Cc1ccc(CNC(C)(C)C)o1. The van der Waals surface area contributed by atoms with Gasteiger partial charge in [0.1, 0.15) is 17.3 Å². The summed E-state index contributed by atoms with van der Waals surface area (Å²) in [7, 11) is -3.07. The first kappa shape index (κ1) is 17.2. The Kier molecular flexibility index (Phi) is 5.83. The molecule has 1 N–H and O–H groups in total. The molecule has 0 amide bonds. The minimum absolute atomic E-state index is 0.00472. The maximum absolute atomic E-state index is 12.0. The molecule has 0 bridgehead atoms. The highest BCUT2D eigenvalue weighted by Crippen LogP contribution is 2.14. The van der Waals surface area contributed by atoms with Crippen LogP contribution < -0.4 is 5.32 Å². The number of nitrogens with one attached hydrogen (secondary N) is 1. The molecular formula is C15H27NO3S. The van der Waals surface area contributed by atoms with Crippen molar-refractivity contribution in [2.75, 3.05) is 5.75 Å². The first-order chi connectivity index (χ1) is 9.07. The smallest absolute Gasteiger partial charge is 0.157 e. The molecule has 5 heteroatoms. The van der Waals surface area contributed by atoms with Crippen LogP contribution in [0.15, 0.2) is 16.5 Å². The molecule has 0 aromatic carbocycles. The molecule has 4 nitrogen and oxygen atoms in total. The lowest BCUT2D eigenvalue weighted by atomic mass is 10.1. The van der Waals surface area contributed by atoms with Gasteiger partial charge in [-0.25, -0.2) is 8.42 Å². The fourth-order valence-corrected chi connectivity index (χ4v) is 3.21. The van der Waals surface area contributed by atoms with Gasteiger partial charge in [0.05, 0.1) is 12.3 Å². The molecule has 0 aliphatic rings. The fourth-order valence-electron chi connectivity index (χ4n) is 1.65. The van der Waals surface area contributed by atoms with Crippen molar-refractivity contribution in [2.24, 2.45) is 5.92 Å². The van der Waals surface area contributed by atoms with Crippen LogP contribution in [0.4, 0.5) is 0 Å². The van der Waals surface area contributed by atoms with Crippen LogP contribution in [0.3, 0.4) is 0 Å². The highest BCUT2D eigenvalue weighted by atomic mass is 32.2. The summed E-state index contributed by atoms with van der Waals surface area (Å²) < 4.78 is 29.5. The van der Waals surface area contributed by atoms with Gasteiger partial charge in [0.25, 0.3) is 0 Å². The first-order valence-corrected chi connectivity index (χ1v) is 8.92. The zero-order chi connectivity index (χ0) is 15.4. The molecule has 116 valence electrons. The van der Waals surface area contributed by atoms with Crippen molar-refractivity contribution >= 4 is 9.84 Å². The Morgan fingerprint density at radius 2 is 1.80 bits per heavy atom. The van der Waals surface area contributed by atoms with Gasteiger partial charge in [0.2, 0.25) is 0 Å². The summed E-state index contributed by atoms with van der Waals surface area (Å²) >= 11 is 0. The van der Waals surface area contributed by atoms with Crippen LogP contribution in [0.25, 0.3) is 0 Å². The highest BCUT2D eigenvalue weighted by molar-refractivity contribution is 7.90. The van der Waals surface area contributed by atoms with Crippen molar-refractivity contribution in [3.63, 3.8) is 0 Å². The third-order valence-electron chi connectivity index (χ3n) is 2.88. The molecule has 0 aliphatic heterocycles. The zero-order valence-corrected chi connectivity index (χ0v) is 14.0. The molecule has 0 fully saturated rings. The Morgan fingerprint density at radius 3 is 2.35 bits per heavy atom. The summed E-state index contributed by atoms with van der Waals surface area (Å²) in [5, 5.41) is 3.31. The Bertz CT molecular complexity index is 509. The van der Waals surface area contributed by atoms with Crippen molar-refractivity contribution in [3.05, 3.63) is 23.7 Å². The van der Waals surface area contributed by atoms with Gasteiger partial charge in [-0.15, -0.1) is 0 Å². The Labute approximate surface area is 122 Å². The van der Waals surface area contributed by atoms with Crippen molar-refractivity contribution in [3.8, 4) is 0 Å². The lowest BCUT2D eigenvalue weighted by Gasteiger charge is -2.19. The minimum atomic E-state index is -3.07. The average molecular weight is 301 g/mol. The van der Waals surface area contributed by atoms with Crippen molar-refractivity contribution in [1.29, 1.82) is 0 Å². The number of hydrogen-bond acceptors (Lipinski definition) is 4. The molecule has 1 aromatic rings. The Hall–Kier alpha value is -0.810. The fraction of sp³-hybridized carbons (Fsp3) is 0.733. The largest absolute Gasteiger partial charge is 0.464 e. The second-order valence-electron chi connectivity index (χ2n) is 6.75. The Morgan fingerprint density at radius 1 is 1.20 bits per heavy atom. The van der Waals surface area contributed by atoms with Crippen molar-refractivity contribution in [1.82, 2.24) is 5.32 Å². The summed E-state index contributed by atoms with van der Waals surface area (Å²) in [4.78, 5) is 0. The predicted molar refractivity (Wildman–Crippen MR) is 82.2 cm³/mol. The zero-order valence-electron chi connectivity index (χ0n) is 13.2. The number of rotatable bonds is 7. The van der Waals surface area contributed by atoms with E-state index in [0.29, 0.717) is 24.6 Å². The second-order valence-corrected chi connectivity index (χ2v) is 8.93. The standard InChI is InChI=1S/C15H27NO3S/c1-12(2)8-9-20(17,18)11-14-7-6-13(19-14)10-16-15(3,4)5/h6-7,12,16H,8-11H2,1-5H3. The van der Waals surface area contributed by atoms with E-state index in [4.69, 9.17) is 4.42 Å². The maximum Gasteiger partial charge on any atom is 0.157 e. The number of furan rings is 1. The van der Waals surface area contributed by atoms with E-state index < -0.39 is 9.84 Å². The number of sulfone groups is 1. The van der Waals surface area contributed by atoms with Crippen LogP contribution in [0.1, 0.15) is 52.6 Å². The van der Waals surface area contributed by atoms with E-state index >= 15 is 0 Å². The van der Waals surface area contributed by atoms with E-state index in [1.807, 2.05) is 19.9 Å². The van der Waals surface area contributed by atoms with E-state index in [0.717, 1.165) is 5.76 Å². The summed E-state index contributed by atoms with van der Waals surface area (Å²) in [6.07, 6.45) is 0.696. The quantitative estimate of drug-likeness (QED) is 0.840. The number of hydrogen-bond donors (Lipinski definition) is 1. The lowest BCUT2D eigenvalue weighted by molar-refractivity contribution is 0.381. The molecule has 0 aliphatic carbocycles. The monoisotopic (exact) mass is 301 g/mol. The van der Waals surface area contributed by atoms with Gasteiger partial charge in [-0.1, -0.05) is 13.8 Å². The lowest BCUT2D eigenvalue weighted by Crippen LogP contribution is -2.34. The maximum atomic E-state index is 12.0. The van der Waals surface area contributed by atoms with Gasteiger partial charge in [-0.2, -0.15) is 0 Å². The van der Waals surface area contributed by atoms with Crippen LogP contribution in [-0.4, -0.2) is 19.7 Å².